The summed E-state index contributed by atoms with van der Waals surface area (Å²) in [6.45, 7) is 1.85. The Kier molecular flexibility index (Phi) is 3.52. The van der Waals surface area contributed by atoms with E-state index in [1.807, 2.05) is 6.92 Å². The number of hydrogen-bond donors (Lipinski definition) is 1. The van der Waals surface area contributed by atoms with Gasteiger partial charge in [-0.3, -0.25) is 0 Å². The fourth-order valence-electron chi connectivity index (χ4n) is 1.15. The van der Waals surface area contributed by atoms with Gasteiger partial charge in [0, 0.05) is 12.1 Å². The number of hydrogen-bond acceptors (Lipinski definition) is 1. The highest BCUT2D eigenvalue weighted by atomic mass is 19.2. The zero-order valence-electron chi connectivity index (χ0n) is 7.86. The van der Waals surface area contributed by atoms with Crippen molar-refractivity contribution in [3.8, 4) is 0 Å². The van der Waals surface area contributed by atoms with Crippen molar-refractivity contribution in [2.75, 3.05) is 0 Å². The van der Waals surface area contributed by atoms with Gasteiger partial charge in [0.25, 0.3) is 0 Å². The van der Waals surface area contributed by atoms with Gasteiger partial charge in [-0.2, -0.15) is 0 Å². The summed E-state index contributed by atoms with van der Waals surface area (Å²) >= 11 is 0. The van der Waals surface area contributed by atoms with Crippen LogP contribution in [0.1, 0.15) is 18.9 Å². The maximum Gasteiger partial charge on any atom is 0.161 e. The maximum atomic E-state index is 13.1. The predicted octanol–water partition coefficient (Wildman–Crippen LogP) is 2.38. The molecule has 0 saturated carbocycles. The molecule has 4 heteroatoms. The molecule has 0 bridgehead atoms. The predicted molar refractivity (Wildman–Crippen MR) is 48.3 cm³/mol. The van der Waals surface area contributed by atoms with E-state index in [-0.39, 0.29) is 18.0 Å². The van der Waals surface area contributed by atoms with Crippen molar-refractivity contribution in [3.63, 3.8) is 0 Å². The van der Waals surface area contributed by atoms with E-state index in [4.69, 9.17) is 5.73 Å². The van der Waals surface area contributed by atoms with E-state index in [1.54, 1.807) is 0 Å². The van der Waals surface area contributed by atoms with Gasteiger partial charge in [0.05, 0.1) is 0 Å². The normalized spacial score (nSPS) is 12.9. The minimum atomic E-state index is -1.17. The molecule has 0 amide bonds. The summed E-state index contributed by atoms with van der Waals surface area (Å²) in [4.78, 5) is 0. The molecule has 1 rings (SSSR count). The van der Waals surface area contributed by atoms with E-state index in [0.29, 0.717) is 12.5 Å². The third-order valence-corrected chi connectivity index (χ3v) is 2.10. The maximum absolute atomic E-state index is 13.1. The summed E-state index contributed by atoms with van der Waals surface area (Å²) in [7, 11) is 0. The number of benzene rings is 1. The summed E-state index contributed by atoms with van der Waals surface area (Å²) in [5.41, 5.74) is 5.70. The first-order valence-electron chi connectivity index (χ1n) is 4.43. The van der Waals surface area contributed by atoms with E-state index < -0.39 is 17.5 Å². The van der Waals surface area contributed by atoms with Crippen LogP contribution >= 0.6 is 0 Å². The molecule has 0 unspecified atom stereocenters. The summed E-state index contributed by atoms with van der Waals surface area (Å²) in [5.74, 6) is -2.95. The Morgan fingerprint density at radius 3 is 2.29 bits per heavy atom. The van der Waals surface area contributed by atoms with E-state index in [1.165, 1.54) is 0 Å². The second-order valence-corrected chi connectivity index (χ2v) is 3.23. The van der Waals surface area contributed by atoms with Crippen molar-refractivity contribution < 1.29 is 13.2 Å². The molecule has 0 aliphatic carbocycles. The first-order valence-corrected chi connectivity index (χ1v) is 4.43. The molecule has 0 aliphatic heterocycles. The third kappa shape index (κ3) is 2.48. The Hall–Kier alpha value is -1.03. The quantitative estimate of drug-likeness (QED) is 0.750. The molecule has 0 aromatic heterocycles. The molecule has 0 heterocycles. The third-order valence-electron chi connectivity index (χ3n) is 2.10. The van der Waals surface area contributed by atoms with Crippen LogP contribution in [0.4, 0.5) is 13.2 Å². The molecule has 0 saturated heterocycles. The van der Waals surface area contributed by atoms with Crippen molar-refractivity contribution in [1.29, 1.82) is 0 Å². The Balaban J connectivity index is 2.92. The van der Waals surface area contributed by atoms with E-state index in [2.05, 4.69) is 0 Å². The van der Waals surface area contributed by atoms with Crippen LogP contribution in [0.5, 0.6) is 0 Å². The molecular formula is C10H12F3N. The van der Waals surface area contributed by atoms with Crippen LogP contribution in [0, 0.1) is 17.5 Å². The second-order valence-electron chi connectivity index (χ2n) is 3.23. The van der Waals surface area contributed by atoms with Gasteiger partial charge in [-0.1, -0.05) is 6.92 Å². The lowest BCUT2D eigenvalue weighted by Gasteiger charge is -2.09. The highest BCUT2D eigenvalue weighted by Crippen LogP contribution is 2.15. The molecule has 0 aliphatic rings. The molecule has 78 valence electrons. The van der Waals surface area contributed by atoms with Gasteiger partial charge < -0.3 is 5.73 Å². The Labute approximate surface area is 80.7 Å². The summed E-state index contributed by atoms with van der Waals surface area (Å²) < 4.78 is 38.3. The molecule has 14 heavy (non-hydrogen) atoms. The molecule has 0 fully saturated rings. The summed E-state index contributed by atoms with van der Waals surface area (Å²) in [6.07, 6.45) is 0.887. The van der Waals surface area contributed by atoms with Crippen molar-refractivity contribution in [2.24, 2.45) is 5.73 Å². The Morgan fingerprint density at radius 1 is 1.14 bits per heavy atom. The van der Waals surface area contributed by atoms with Gasteiger partial charge >= 0.3 is 0 Å². The van der Waals surface area contributed by atoms with Crippen molar-refractivity contribution >= 4 is 0 Å². The molecular weight excluding hydrogens is 191 g/mol. The molecule has 1 aromatic carbocycles. The van der Waals surface area contributed by atoms with E-state index in [0.717, 1.165) is 6.07 Å². The number of rotatable bonds is 3. The molecule has 1 aromatic rings. The van der Waals surface area contributed by atoms with Gasteiger partial charge in [0.1, 0.15) is 5.82 Å². The minimum Gasteiger partial charge on any atom is -0.327 e. The zero-order chi connectivity index (χ0) is 10.7. The van der Waals surface area contributed by atoms with Gasteiger partial charge in [0.15, 0.2) is 11.6 Å². The van der Waals surface area contributed by atoms with E-state index >= 15 is 0 Å². The standard InChI is InChI=1S/C10H12F3N/c1-2-7(14)3-6-4-9(12)10(13)5-8(6)11/h4-5,7H,2-3,14H2,1H3/t7-/m0/s1. The largest absolute Gasteiger partial charge is 0.327 e. The van der Waals surface area contributed by atoms with Gasteiger partial charge in [-0.05, 0) is 24.5 Å². The van der Waals surface area contributed by atoms with Crippen LogP contribution in [-0.4, -0.2) is 6.04 Å². The highest BCUT2D eigenvalue weighted by Gasteiger charge is 2.11. The Morgan fingerprint density at radius 2 is 1.71 bits per heavy atom. The fraction of sp³-hybridized carbons (Fsp3) is 0.400. The molecule has 1 atom stereocenters. The van der Waals surface area contributed by atoms with Gasteiger partial charge in [-0.15, -0.1) is 0 Å². The molecule has 2 N–H and O–H groups in total. The molecule has 0 spiro atoms. The smallest absolute Gasteiger partial charge is 0.161 e. The van der Waals surface area contributed by atoms with Gasteiger partial charge in [0.2, 0.25) is 0 Å². The van der Waals surface area contributed by atoms with Crippen LogP contribution in [-0.2, 0) is 6.42 Å². The second kappa shape index (κ2) is 4.46. The lowest BCUT2D eigenvalue weighted by atomic mass is 10.0. The lowest BCUT2D eigenvalue weighted by molar-refractivity contribution is 0.486. The lowest BCUT2D eigenvalue weighted by Crippen LogP contribution is -2.22. The van der Waals surface area contributed by atoms with Crippen LogP contribution in [0.2, 0.25) is 0 Å². The molecule has 0 radical (unpaired) electrons. The Bertz CT molecular complexity index is 325. The van der Waals surface area contributed by atoms with Crippen molar-refractivity contribution in [3.05, 3.63) is 35.1 Å². The monoisotopic (exact) mass is 203 g/mol. The van der Waals surface area contributed by atoms with E-state index in [9.17, 15) is 13.2 Å². The van der Waals surface area contributed by atoms with Gasteiger partial charge in [-0.25, -0.2) is 13.2 Å². The highest BCUT2D eigenvalue weighted by molar-refractivity contribution is 5.20. The fourth-order valence-corrected chi connectivity index (χ4v) is 1.15. The van der Waals surface area contributed by atoms with Crippen molar-refractivity contribution in [1.82, 2.24) is 0 Å². The summed E-state index contributed by atoms with van der Waals surface area (Å²) in [5, 5.41) is 0. The van der Waals surface area contributed by atoms with Crippen molar-refractivity contribution in [2.45, 2.75) is 25.8 Å². The molecule has 1 nitrogen and oxygen atoms in total. The van der Waals surface area contributed by atoms with Crippen LogP contribution in [0.15, 0.2) is 12.1 Å². The zero-order valence-corrected chi connectivity index (χ0v) is 7.86. The summed E-state index contributed by atoms with van der Waals surface area (Å²) in [6, 6.07) is 1.18. The number of nitrogens with two attached hydrogens (primary N) is 1. The average Bonchev–Trinajstić information content (AvgIpc) is 2.14. The first kappa shape index (κ1) is 11.0. The average molecular weight is 203 g/mol. The first-order chi connectivity index (χ1) is 6.54. The SMILES string of the molecule is CC[C@H](N)Cc1cc(F)c(F)cc1F. The topological polar surface area (TPSA) is 26.0 Å². The van der Waals surface area contributed by atoms with Crippen LogP contribution in [0.25, 0.3) is 0 Å². The minimum absolute atomic E-state index is 0.123. The number of halogens is 3. The van der Waals surface area contributed by atoms with Crippen LogP contribution < -0.4 is 5.73 Å². The van der Waals surface area contributed by atoms with Crippen LogP contribution in [0.3, 0.4) is 0 Å².